The standard InChI is InChI=1S/C26H23I/c1-4-7-20-17-21(27)14-13-19(20)12-10-18-11-15-23-22-8-5-6-9-24(22)26(2,3)25(23)16-18/h4-17H,1-3H3/b7-4-,12-10+. The van der Waals surface area contributed by atoms with E-state index in [0.717, 1.165) is 0 Å². The molecule has 0 aromatic heterocycles. The van der Waals surface area contributed by atoms with Crippen molar-refractivity contribution in [1.82, 2.24) is 0 Å². The molecule has 0 atom stereocenters. The summed E-state index contributed by atoms with van der Waals surface area (Å²) in [5.74, 6) is 0. The Morgan fingerprint density at radius 3 is 2.33 bits per heavy atom. The third-order valence-corrected chi connectivity index (χ3v) is 6.13. The molecule has 0 unspecified atom stereocenters. The van der Waals surface area contributed by atoms with Gasteiger partial charge in [0.1, 0.15) is 0 Å². The maximum Gasteiger partial charge on any atom is 0.0159 e. The van der Waals surface area contributed by atoms with Crippen LogP contribution in [0.2, 0.25) is 0 Å². The second kappa shape index (κ2) is 7.12. The van der Waals surface area contributed by atoms with Crippen LogP contribution in [0.15, 0.2) is 66.7 Å². The number of hydrogen-bond acceptors (Lipinski definition) is 0. The minimum Gasteiger partial charge on any atom is -0.0870 e. The van der Waals surface area contributed by atoms with Gasteiger partial charge in [-0.2, -0.15) is 0 Å². The Balaban J connectivity index is 1.73. The minimum atomic E-state index is 0.0503. The topological polar surface area (TPSA) is 0 Å². The van der Waals surface area contributed by atoms with E-state index in [1.807, 2.05) is 0 Å². The summed E-state index contributed by atoms with van der Waals surface area (Å²) in [5, 5.41) is 0. The Morgan fingerprint density at radius 1 is 0.741 bits per heavy atom. The van der Waals surface area contributed by atoms with E-state index in [1.165, 1.54) is 42.5 Å². The molecule has 1 aliphatic rings. The first-order valence-corrected chi connectivity index (χ1v) is 10.4. The van der Waals surface area contributed by atoms with Gasteiger partial charge < -0.3 is 0 Å². The third-order valence-electron chi connectivity index (χ3n) is 5.46. The smallest absolute Gasteiger partial charge is 0.0159 e. The van der Waals surface area contributed by atoms with E-state index in [4.69, 9.17) is 0 Å². The molecule has 1 aliphatic carbocycles. The first-order chi connectivity index (χ1) is 13.0. The molecule has 0 aliphatic heterocycles. The Kier molecular flexibility index (Phi) is 4.81. The molecule has 0 saturated heterocycles. The van der Waals surface area contributed by atoms with E-state index >= 15 is 0 Å². The van der Waals surface area contributed by atoms with Gasteiger partial charge in [-0.05, 0) is 80.6 Å². The summed E-state index contributed by atoms with van der Waals surface area (Å²) in [6.45, 7) is 6.72. The zero-order valence-electron chi connectivity index (χ0n) is 16.0. The summed E-state index contributed by atoms with van der Waals surface area (Å²) in [6, 6.07) is 22.2. The van der Waals surface area contributed by atoms with Crippen molar-refractivity contribution in [2.45, 2.75) is 26.2 Å². The Morgan fingerprint density at radius 2 is 1.52 bits per heavy atom. The fourth-order valence-electron chi connectivity index (χ4n) is 4.03. The van der Waals surface area contributed by atoms with Crippen molar-refractivity contribution in [3.05, 3.63) is 98.1 Å². The van der Waals surface area contributed by atoms with Crippen molar-refractivity contribution in [2.75, 3.05) is 0 Å². The van der Waals surface area contributed by atoms with Crippen LogP contribution in [0.4, 0.5) is 0 Å². The molecule has 0 heterocycles. The molecule has 0 radical (unpaired) electrons. The summed E-state index contributed by atoms with van der Waals surface area (Å²) in [4.78, 5) is 0. The van der Waals surface area contributed by atoms with Gasteiger partial charge in [0.05, 0.1) is 0 Å². The number of rotatable bonds is 3. The van der Waals surface area contributed by atoms with Crippen molar-refractivity contribution in [3.63, 3.8) is 0 Å². The highest BCUT2D eigenvalue weighted by atomic mass is 127. The average molecular weight is 462 g/mol. The summed E-state index contributed by atoms with van der Waals surface area (Å²) in [6.07, 6.45) is 8.72. The molecule has 1 heteroatoms. The second-order valence-electron chi connectivity index (χ2n) is 7.58. The van der Waals surface area contributed by atoms with E-state index in [9.17, 15) is 0 Å². The molecule has 0 N–H and O–H groups in total. The lowest BCUT2D eigenvalue weighted by atomic mass is 9.82. The Bertz CT molecular complexity index is 1070. The average Bonchev–Trinajstić information content (AvgIpc) is 2.89. The van der Waals surface area contributed by atoms with Crippen LogP contribution in [-0.2, 0) is 5.41 Å². The Labute approximate surface area is 175 Å². The van der Waals surface area contributed by atoms with Crippen LogP contribution >= 0.6 is 22.6 Å². The zero-order chi connectivity index (χ0) is 19.0. The summed E-state index contributed by atoms with van der Waals surface area (Å²) >= 11 is 2.37. The highest BCUT2D eigenvalue weighted by Crippen LogP contribution is 2.48. The van der Waals surface area contributed by atoms with Gasteiger partial charge in [0.15, 0.2) is 0 Å². The quantitative estimate of drug-likeness (QED) is 0.275. The molecule has 3 aromatic rings. The van der Waals surface area contributed by atoms with Crippen LogP contribution in [0, 0.1) is 3.57 Å². The fourth-order valence-corrected chi connectivity index (χ4v) is 4.55. The first-order valence-electron chi connectivity index (χ1n) is 9.35. The molecule has 0 fully saturated rings. The van der Waals surface area contributed by atoms with Crippen molar-refractivity contribution < 1.29 is 0 Å². The van der Waals surface area contributed by atoms with Gasteiger partial charge in [-0.25, -0.2) is 0 Å². The van der Waals surface area contributed by atoms with Gasteiger partial charge >= 0.3 is 0 Å². The molecule has 0 nitrogen and oxygen atoms in total. The molecule has 0 spiro atoms. The summed E-state index contributed by atoms with van der Waals surface area (Å²) < 4.78 is 1.26. The fraction of sp³-hybridized carbons (Fsp3) is 0.154. The lowest BCUT2D eigenvalue weighted by molar-refractivity contribution is 0.660. The van der Waals surface area contributed by atoms with Crippen LogP contribution in [0.25, 0.3) is 29.4 Å². The van der Waals surface area contributed by atoms with Gasteiger partial charge in [-0.15, -0.1) is 0 Å². The predicted molar refractivity (Wildman–Crippen MR) is 127 cm³/mol. The van der Waals surface area contributed by atoms with Crippen LogP contribution < -0.4 is 0 Å². The number of benzene rings is 3. The van der Waals surface area contributed by atoms with Gasteiger partial charge in [0.25, 0.3) is 0 Å². The molecular weight excluding hydrogens is 439 g/mol. The van der Waals surface area contributed by atoms with Gasteiger partial charge in [-0.1, -0.05) is 86.7 Å². The van der Waals surface area contributed by atoms with Crippen LogP contribution in [-0.4, -0.2) is 0 Å². The maximum atomic E-state index is 2.37. The molecule has 0 saturated carbocycles. The van der Waals surface area contributed by atoms with E-state index < -0.39 is 0 Å². The molecule has 27 heavy (non-hydrogen) atoms. The first kappa shape index (κ1) is 18.2. The predicted octanol–water partition coefficient (Wildman–Crippen LogP) is 7.80. The van der Waals surface area contributed by atoms with Crippen molar-refractivity contribution in [1.29, 1.82) is 0 Å². The van der Waals surface area contributed by atoms with Gasteiger partial charge in [0, 0.05) is 8.99 Å². The third kappa shape index (κ3) is 3.29. The lowest BCUT2D eigenvalue weighted by Crippen LogP contribution is -2.14. The van der Waals surface area contributed by atoms with Crippen molar-refractivity contribution in [2.24, 2.45) is 0 Å². The zero-order valence-corrected chi connectivity index (χ0v) is 18.1. The van der Waals surface area contributed by atoms with Crippen molar-refractivity contribution >= 4 is 40.8 Å². The van der Waals surface area contributed by atoms with E-state index in [2.05, 4.69) is 128 Å². The van der Waals surface area contributed by atoms with E-state index in [-0.39, 0.29) is 5.41 Å². The number of allylic oxidation sites excluding steroid dienone is 1. The SMILES string of the molecule is C/C=C\c1cc(I)ccc1/C=C/c1ccc2c(c1)C(C)(C)c1ccccc1-2. The normalized spacial score (nSPS) is 14.7. The monoisotopic (exact) mass is 462 g/mol. The largest absolute Gasteiger partial charge is 0.0870 e. The highest BCUT2D eigenvalue weighted by Gasteiger charge is 2.34. The number of hydrogen-bond donors (Lipinski definition) is 0. The molecule has 0 amide bonds. The Hall–Kier alpha value is -2.13. The summed E-state index contributed by atoms with van der Waals surface area (Å²) in [7, 11) is 0. The second-order valence-corrected chi connectivity index (χ2v) is 8.83. The maximum absolute atomic E-state index is 2.37. The molecule has 3 aromatic carbocycles. The summed E-state index contributed by atoms with van der Waals surface area (Å²) in [5.41, 5.74) is 9.40. The molecular formula is C26H23I. The van der Waals surface area contributed by atoms with Crippen LogP contribution in [0.1, 0.15) is 48.6 Å². The van der Waals surface area contributed by atoms with Crippen molar-refractivity contribution in [3.8, 4) is 11.1 Å². The van der Waals surface area contributed by atoms with E-state index in [1.54, 1.807) is 0 Å². The minimum absolute atomic E-state index is 0.0503. The molecule has 4 rings (SSSR count). The molecule has 0 bridgehead atoms. The number of halogens is 1. The lowest BCUT2D eigenvalue weighted by Gasteiger charge is -2.21. The van der Waals surface area contributed by atoms with Crippen LogP contribution in [0.5, 0.6) is 0 Å². The van der Waals surface area contributed by atoms with Gasteiger partial charge in [-0.3, -0.25) is 0 Å². The van der Waals surface area contributed by atoms with Crippen LogP contribution in [0.3, 0.4) is 0 Å². The van der Waals surface area contributed by atoms with E-state index in [0.29, 0.717) is 0 Å². The van der Waals surface area contributed by atoms with Gasteiger partial charge in [0.2, 0.25) is 0 Å². The highest BCUT2D eigenvalue weighted by molar-refractivity contribution is 14.1. The molecule has 134 valence electrons. The number of fused-ring (bicyclic) bond motifs is 3.